The van der Waals surface area contributed by atoms with Crippen LogP contribution >= 0.6 is 0 Å². The van der Waals surface area contributed by atoms with E-state index in [-0.39, 0.29) is 0 Å². The Kier molecular flexibility index (Phi) is 3.67. The van der Waals surface area contributed by atoms with Crippen molar-refractivity contribution in [1.29, 1.82) is 0 Å². The molecule has 0 fully saturated rings. The van der Waals surface area contributed by atoms with Crippen LogP contribution in [-0.4, -0.2) is 19.8 Å². The third kappa shape index (κ3) is 2.30. The Hall–Kier alpha value is -1.22. The monoisotopic (exact) mass is 221 g/mol. The van der Waals surface area contributed by atoms with E-state index in [9.17, 15) is 0 Å². The van der Waals surface area contributed by atoms with Gasteiger partial charge >= 0.3 is 0 Å². The largest absolute Gasteiger partial charge is 0.486 e. The van der Waals surface area contributed by atoms with Gasteiger partial charge in [-0.05, 0) is 43.9 Å². The van der Waals surface area contributed by atoms with Crippen molar-refractivity contribution in [3.8, 4) is 11.5 Å². The highest BCUT2D eigenvalue weighted by Crippen LogP contribution is 2.37. The number of nitrogens with two attached hydrogens (primary N) is 1. The Morgan fingerprint density at radius 2 is 1.88 bits per heavy atom. The van der Waals surface area contributed by atoms with Crippen LogP contribution in [0.15, 0.2) is 12.1 Å². The lowest BCUT2D eigenvalue weighted by atomic mass is 10.0. The molecule has 2 rings (SSSR count). The number of aryl methyl sites for hydroxylation is 2. The van der Waals surface area contributed by atoms with E-state index in [1.165, 1.54) is 5.56 Å². The number of benzene rings is 1. The van der Waals surface area contributed by atoms with Gasteiger partial charge in [-0.25, -0.2) is 0 Å². The molecule has 0 atom stereocenters. The summed E-state index contributed by atoms with van der Waals surface area (Å²) in [5.74, 6) is 1.87. The van der Waals surface area contributed by atoms with Crippen LogP contribution in [0.5, 0.6) is 11.5 Å². The van der Waals surface area contributed by atoms with Crippen LogP contribution < -0.4 is 15.2 Å². The quantitative estimate of drug-likeness (QED) is 0.791. The van der Waals surface area contributed by atoms with Gasteiger partial charge in [0.25, 0.3) is 0 Å². The molecule has 2 N–H and O–H groups in total. The van der Waals surface area contributed by atoms with Crippen molar-refractivity contribution in [2.75, 3.05) is 19.8 Å². The van der Waals surface area contributed by atoms with Crippen molar-refractivity contribution in [2.45, 2.75) is 26.2 Å². The Morgan fingerprint density at radius 1 is 1.12 bits per heavy atom. The first-order valence-corrected chi connectivity index (χ1v) is 5.91. The summed E-state index contributed by atoms with van der Waals surface area (Å²) >= 11 is 0. The fourth-order valence-electron chi connectivity index (χ4n) is 1.98. The second kappa shape index (κ2) is 5.21. The van der Waals surface area contributed by atoms with Gasteiger partial charge in [0.05, 0.1) is 0 Å². The number of fused-ring (bicyclic) bond motifs is 1. The zero-order valence-electron chi connectivity index (χ0n) is 9.79. The predicted octanol–water partition coefficient (Wildman–Crippen LogP) is 2.05. The minimum Gasteiger partial charge on any atom is -0.486 e. The molecule has 1 aromatic rings. The summed E-state index contributed by atoms with van der Waals surface area (Å²) in [6, 6.07) is 4.24. The average Bonchev–Trinajstić information content (AvgIpc) is 2.33. The Morgan fingerprint density at radius 3 is 2.62 bits per heavy atom. The number of hydrogen-bond acceptors (Lipinski definition) is 3. The first kappa shape index (κ1) is 11.3. The van der Waals surface area contributed by atoms with Gasteiger partial charge in [-0.15, -0.1) is 0 Å². The van der Waals surface area contributed by atoms with E-state index in [0.29, 0.717) is 13.2 Å². The Balaban J connectivity index is 2.18. The van der Waals surface area contributed by atoms with E-state index in [2.05, 4.69) is 19.1 Å². The van der Waals surface area contributed by atoms with Crippen molar-refractivity contribution in [3.63, 3.8) is 0 Å². The molecule has 1 aromatic carbocycles. The van der Waals surface area contributed by atoms with Gasteiger partial charge in [-0.1, -0.05) is 12.1 Å². The molecule has 1 aliphatic heterocycles. The molecule has 0 spiro atoms. The molecule has 1 aliphatic rings. The molecule has 0 saturated heterocycles. The summed E-state index contributed by atoms with van der Waals surface area (Å²) < 4.78 is 11.4. The molecule has 0 bridgehead atoms. The molecule has 0 radical (unpaired) electrons. The first-order valence-electron chi connectivity index (χ1n) is 5.91. The summed E-state index contributed by atoms with van der Waals surface area (Å²) in [5.41, 5.74) is 7.89. The summed E-state index contributed by atoms with van der Waals surface area (Å²) in [6.07, 6.45) is 3.18. The highest BCUT2D eigenvalue weighted by molar-refractivity contribution is 5.52. The van der Waals surface area contributed by atoms with Gasteiger partial charge in [-0.3, -0.25) is 0 Å². The zero-order valence-corrected chi connectivity index (χ0v) is 9.79. The normalized spacial score (nSPS) is 13.9. The number of ether oxygens (including phenoxy) is 2. The third-order valence-electron chi connectivity index (χ3n) is 2.87. The van der Waals surface area contributed by atoms with Crippen LogP contribution in [0, 0.1) is 6.92 Å². The molecule has 0 amide bonds. The molecular weight excluding hydrogens is 202 g/mol. The minimum atomic E-state index is 0.653. The van der Waals surface area contributed by atoms with E-state index in [4.69, 9.17) is 15.2 Å². The van der Waals surface area contributed by atoms with E-state index < -0.39 is 0 Å². The van der Waals surface area contributed by atoms with Crippen LogP contribution in [-0.2, 0) is 6.42 Å². The Labute approximate surface area is 96.5 Å². The van der Waals surface area contributed by atoms with Crippen molar-refractivity contribution in [1.82, 2.24) is 0 Å². The van der Waals surface area contributed by atoms with E-state index in [0.717, 1.165) is 42.9 Å². The van der Waals surface area contributed by atoms with Crippen molar-refractivity contribution in [2.24, 2.45) is 5.73 Å². The second-order valence-electron chi connectivity index (χ2n) is 4.14. The highest BCUT2D eigenvalue weighted by atomic mass is 16.6. The second-order valence-corrected chi connectivity index (χ2v) is 4.14. The van der Waals surface area contributed by atoms with Gasteiger partial charge in [0.15, 0.2) is 11.5 Å². The first-order chi connectivity index (χ1) is 7.83. The summed E-state index contributed by atoms with van der Waals surface area (Å²) in [7, 11) is 0. The maximum Gasteiger partial charge on any atom is 0.164 e. The van der Waals surface area contributed by atoms with Gasteiger partial charge < -0.3 is 15.2 Å². The number of hydrogen-bond donors (Lipinski definition) is 1. The lowest BCUT2D eigenvalue weighted by molar-refractivity contribution is 0.168. The van der Waals surface area contributed by atoms with Crippen molar-refractivity contribution in [3.05, 3.63) is 23.3 Å². The minimum absolute atomic E-state index is 0.653. The maximum atomic E-state index is 5.71. The van der Waals surface area contributed by atoms with Crippen LogP contribution in [0.2, 0.25) is 0 Å². The smallest absolute Gasteiger partial charge is 0.164 e. The van der Waals surface area contributed by atoms with E-state index >= 15 is 0 Å². The molecule has 88 valence electrons. The van der Waals surface area contributed by atoms with Gasteiger partial charge in [0.2, 0.25) is 0 Å². The molecule has 1 heterocycles. The average molecular weight is 221 g/mol. The highest BCUT2D eigenvalue weighted by Gasteiger charge is 2.17. The zero-order chi connectivity index (χ0) is 11.4. The van der Waals surface area contributed by atoms with Crippen molar-refractivity contribution >= 4 is 0 Å². The fraction of sp³-hybridized carbons (Fsp3) is 0.538. The Bertz CT molecular complexity index is 363. The fourth-order valence-corrected chi connectivity index (χ4v) is 1.98. The van der Waals surface area contributed by atoms with E-state index in [1.54, 1.807) is 0 Å². The van der Waals surface area contributed by atoms with E-state index in [1.807, 2.05) is 0 Å². The molecule has 0 saturated carbocycles. The van der Waals surface area contributed by atoms with Gasteiger partial charge in [0.1, 0.15) is 13.2 Å². The molecule has 0 aliphatic carbocycles. The summed E-state index contributed by atoms with van der Waals surface area (Å²) in [6.45, 7) is 4.11. The van der Waals surface area contributed by atoms with Crippen LogP contribution in [0.4, 0.5) is 0 Å². The molecule has 16 heavy (non-hydrogen) atoms. The molecule has 0 aromatic heterocycles. The summed E-state index contributed by atoms with van der Waals surface area (Å²) in [4.78, 5) is 0. The number of unbranched alkanes of at least 4 members (excludes halogenated alkanes) is 1. The lowest BCUT2D eigenvalue weighted by Gasteiger charge is -2.22. The maximum absolute atomic E-state index is 5.71. The van der Waals surface area contributed by atoms with Gasteiger partial charge in [-0.2, -0.15) is 0 Å². The molecule has 0 unspecified atom stereocenters. The third-order valence-corrected chi connectivity index (χ3v) is 2.87. The standard InChI is InChI=1S/C13H19NO2/c1-10-5-6-11(4-2-3-7-14)13-12(10)15-8-9-16-13/h5-6H,2-4,7-9,14H2,1H3. The van der Waals surface area contributed by atoms with Crippen LogP contribution in [0.1, 0.15) is 24.0 Å². The molecule has 3 heteroatoms. The predicted molar refractivity (Wildman–Crippen MR) is 64.2 cm³/mol. The SMILES string of the molecule is Cc1ccc(CCCCN)c2c1OCCO2. The number of rotatable bonds is 4. The van der Waals surface area contributed by atoms with Crippen LogP contribution in [0.3, 0.4) is 0 Å². The topological polar surface area (TPSA) is 44.5 Å². The lowest BCUT2D eigenvalue weighted by Crippen LogP contribution is -2.17. The molecule has 3 nitrogen and oxygen atoms in total. The summed E-state index contributed by atoms with van der Waals surface area (Å²) in [5, 5.41) is 0. The van der Waals surface area contributed by atoms with Gasteiger partial charge in [0, 0.05) is 0 Å². The molecular formula is C13H19NO2. The van der Waals surface area contributed by atoms with Crippen LogP contribution in [0.25, 0.3) is 0 Å². The van der Waals surface area contributed by atoms with Crippen molar-refractivity contribution < 1.29 is 9.47 Å².